The number of hydrogen-bond acceptors (Lipinski definition) is 4. The Balaban J connectivity index is 3.08. The first kappa shape index (κ1) is 20.9. The van der Waals surface area contributed by atoms with E-state index in [1.807, 2.05) is 70.1 Å². The number of carbonyl (C=O) groups is 1. The molecule has 0 aliphatic rings. The molecule has 0 amide bonds. The summed E-state index contributed by atoms with van der Waals surface area (Å²) in [5.74, 6) is 1.55. The van der Waals surface area contributed by atoms with Crippen molar-refractivity contribution >= 4 is 18.7 Å². The minimum atomic E-state index is -0.454. The van der Waals surface area contributed by atoms with E-state index in [-0.39, 0.29) is 18.2 Å². The largest absolute Gasteiger partial charge is 0.487 e. The maximum Gasteiger partial charge on any atom is 0.487 e. The van der Waals surface area contributed by atoms with Crippen molar-refractivity contribution in [2.75, 3.05) is 7.11 Å². The zero-order chi connectivity index (χ0) is 18.7. The van der Waals surface area contributed by atoms with Gasteiger partial charge in [-0.25, -0.2) is 4.79 Å². The van der Waals surface area contributed by atoms with Crippen LogP contribution in [-0.4, -0.2) is 32.4 Å². The maximum atomic E-state index is 11.1. The molecule has 0 fully saturated rings. The van der Waals surface area contributed by atoms with Crippen molar-refractivity contribution in [2.24, 2.45) is 0 Å². The highest BCUT2D eigenvalue weighted by atomic mass is 16.6. The van der Waals surface area contributed by atoms with Gasteiger partial charge in [0.05, 0.1) is 7.11 Å². The summed E-state index contributed by atoms with van der Waals surface area (Å²) in [7, 11) is 0.896. The van der Waals surface area contributed by atoms with Gasteiger partial charge < -0.3 is 14.0 Å². The highest BCUT2D eigenvalue weighted by Gasteiger charge is 2.19. The number of methoxy groups -OCH3 is 1. The molecule has 0 aliphatic heterocycles. The Morgan fingerprint density at radius 1 is 0.960 bits per heavy atom. The lowest BCUT2D eigenvalue weighted by Gasteiger charge is -2.18. The summed E-state index contributed by atoms with van der Waals surface area (Å²) in [4.78, 5) is 11.1. The molecule has 0 bridgehead atoms. The Labute approximate surface area is 151 Å². The van der Waals surface area contributed by atoms with Gasteiger partial charge in [0.2, 0.25) is 0 Å². The van der Waals surface area contributed by atoms with Gasteiger partial charge in [0.1, 0.15) is 0 Å². The summed E-state index contributed by atoms with van der Waals surface area (Å²) in [6.45, 7) is 7.90. The molecule has 1 rings (SSSR count). The molecule has 0 heterocycles. The zero-order valence-electron chi connectivity index (χ0n) is 15.6. The molecule has 0 aromatic heterocycles. The highest BCUT2D eigenvalue weighted by Crippen LogP contribution is 2.18. The molecule has 0 radical (unpaired) electrons. The van der Waals surface area contributed by atoms with Crippen LogP contribution in [-0.2, 0) is 18.8 Å². The van der Waals surface area contributed by atoms with Crippen molar-refractivity contribution in [1.82, 2.24) is 0 Å². The average Bonchev–Trinajstić information content (AvgIpc) is 2.56. The van der Waals surface area contributed by atoms with Gasteiger partial charge in [0.15, 0.2) is 0 Å². The van der Waals surface area contributed by atoms with E-state index >= 15 is 0 Å². The standard InChI is InChI=1S/C20H27BO4/c1-16(2)24-21(25-17(3)4)15-19(18-11-7-6-8-12-18)13-9-10-14-20(22)23-5/h6-17H,1-5H3/b13-9+,14-10+,19-15-. The maximum absolute atomic E-state index is 11.1. The molecule has 0 spiro atoms. The van der Waals surface area contributed by atoms with Crippen molar-refractivity contribution in [3.05, 3.63) is 66.2 Å². The molecule has 0 N–H and O–H groups in total. The third kappa shape index (κ3) is 9.08. The Morgan fingerprint density at radius 2 is 1.52 bits per heavy atom. The second-order valence-corrected chi connectivity index (χ2v) is 5.97. The monoisotopic (exact) mass is 342 g/mol. The number of rotatable bonds is 9. The third-order valence-corrected chi connectivity index (χ3v) is 3.06. The summed E-state index contributed by atoms with van der Waals surface area (Å²) >= 11 is 0. The smallest absolute Gasteiger partial charge is 0.466 e. The number of hydrogen-bond donors (Lipinski definition) is 0. The average molecular weight is 342 g/mol. The first-order chi connectivity index (χ1) is 11.9. The molecule has 0 atom stereocenters. The van der Waals surface area contributed by atoms with Crippen molar-refractivity contribution < 1.29 is 18.8 Å². The molecule has 0 saturated heterocycles. The highest BCUT2D eigenvalue weighted by molar-refractivity contribution is 6.52. The normalized spacial score (nSPS) is 12.5. The second-order valence-electron chi connectivity index (χ2n) is 5.97. The predicted molar refractivity (Wildman–Crippen MR) is 103 cm³/mol. The Kier molecular flexibility index (Phi) is 9.59. The van der Waals surface area contributed by atoms with Gasteiger partial charge >= 0.3 is 13.1 Å². The summed E-state index contributed by atoms with van der Waals surface area (Å²) in [6, 6.07) is 9.95. The summed E-state index contributed by atoms with van der Waals surface area (Å²) in [6.07, 6.45) is 6.79. The lowest BCUT2D eigenvalue weighted by atomic mass is 9.83. The SMILES string of the molecule is COC(=O)/C=C/C=C/C(=C/B(OC(C)C)OC(C)C)c1ccccc1. The number of ether oxygens (including phenoxy) is 1. The molecule has 1 aromatic carbocycles. The molecule has 134 valence electrons. The Bertz CT molecular complexity index is 593. The van der Waals surface area contributed by atoms with E-state index in [0.29, 0.717) is 0 Å². The number of allylic oxidation sites excluding steroid dienone is 4. The third-order valence-electron chi connectivity index (χ3n) is 3.06. The first-order valence-corrected chi connectivity index (χ1v) is 8.43. The Hall–Kier alpha value is -2.11. The fourth-order valence-corrected chi connectivity index (χ4v) is 2.03. The molecular formula is C20H27BO4. The van der Waals surface area contributed by atoms with E-state index in [4.69, 9.17) is 9.31 Å². The van der Waals surface area contributed by atoms with E-state index in [1.54, 1.807) is 12.2 Å². The lowest BCUT2D eigenvalue weighted by Crippen LogP contribution is -2.28. The van der Waals surface area contributed by atoms with Crippen molar-refractivity contribution in [2.45, 2.75) is 39.9 Å². The lowest BCUT2D eigenvalue weighted by molar-refractivity contribution is -0.134. The summed E-state index contributed by atoms with van der Waals surface area (Å²) in [5, 5.41) is 0. The van der Waals surface area contributed by atoms with Gasteiger partial charge in [-0.3, -0.25) is 0 Å². The molecule has 1 aromatic rings. The first-order valence-electron chi connectivity index (χ1n) is 8.43. The van der Waals surface area contributed by atoms with Crippen LogP contribution in [0, 0.1) is 0 Å². The van der Waals surface area contributed by atoms with Crippen LogP contribution in [0.3, 0.4) is 0 Å². The van der Waals surface area contributed by atoms with Crippen LogP contribution in [0.5, 0.6) is 0 Å². The van der Waals surface area contributed by atoms with Gasteiger partial charge in [-0.15, -0.1) is 0 Å². The van der Waals surface area contributed by atoms with Gasteiger partial charge in [-0.2, -0.15) is 0 Å². The van der Waals surface area contributed by atoms with E-state index in [9.17, 15) is 4.79 Å². The molecule has 0 saturated carbocycles. The van der Waals surface area contributed by atoms with Gasteiger partial charge in [-0.1, -0.05) is 48.6 Å². The van der Waals surface area contributed by atoms with Gasteiger partial charge in [0.25, 0.3) is 0 Å². The quantitative estimate of drug-likeness (QED) is 0.292. The van der Waals surface area contributed by atoms with Crippen LogP contribution in [0.2, 0.25) is 0 Å². The second kappa shape index (κ2) is 11.4. The number of carbonyl (C=O) groups excluding carboxylic acids is 1. The fraction of sp³-hybridized carbons (Fsp3) is 0.350. The number of benzene rings is 1. The van der Waals surface area contributed by atoms with E-state index in [2.05, 4.69) is 4.74 Å². The minimum absolute atomic E-state index is 0.0419. The zero-order valence-corrected chi connectivity index (χ0v) is 15.6. The summed E-state index contributed by atoms with van der Waals surface area (Å²) < 4.78 is 16.3. The van der Waals surface area contributed by atoms with Crippen LogP contribution >= 0.6 is 0 Å². The fourth-order valence-electron chi connectivity index (χ4n) is 2.03. The molecule has 0 aliphatic carbocycles. The van der Waals surface area contributed by atoms with Crippen LogP contribution in [0.1, 0.15) is 33.3 Å². The van der Waals surface area contributed by atoms with Gasteiger partial charge in [-0.05, 0) is 44.8 Å². The van der Waals surface area contributed by atoms with E-state index in [1.165, 1.54) is 13.2 Å². The molecular weight excluding hydrogens is 315 g/mol. The molecule has 0 unspecified atom stereocenters. The minimum Gasteiger partial charge on any atom is -0.466 e. The number of esters is 1. The predicted octanol–water partition coefficient (Wildman–Crippen LogP) is 4.23. The topological polar surface area (TPSA) is 44.8 Å². The molecule has 5 heteroatoms. The van der Waals surface area contributed by atoms with Crippen LogP contribution < -0.4 is 0 Å². The molecule has 25 heavy (non-hydrogen) atoms. The Morgan fingerprint density at radius 3 is 2.04 bits per heavy atom. The van der Waals surface area contributed by atoms with Crippen LogP contribution in [0.4, 0.5) is 0 Å². The van der Waals surface area contributed by atoms with Crippen LogP contribution in [0.15, 0.2) is 60.6 Å². The van der Waals surface area contributed by atoms with E-state index < -0.39 is 7.12 Å². The summed E-state index contributed by atoms with van der Waals surface area (Å²) in [5.41, 5.74) is 1.98. The molecule has 4 nitrogen and oxygen atoms in total. The van der Waals surface area contributed by atoms with Crippen LogP contribution in [0.25, 0.3) is 5.57 Å². The van der Waals surface area contributed by atoms with Crippen molar-refractivity contribution in [3.8, 4) is 0 Å². The van der Waals surface area contributed by atoms with Crippen molar-refractivity contribution in [1.29, 1.82) is 0 Å². The van der Waals surface area contributed by atoms with Crippen molar-refractivity contribution in [3.63, 3.8) is 0 Å². The van der Waals surface area contributed by atoms with Gasteiger partial charge in [0, 0.05) is 18.3 Å². The van der Waals surface area contributed by atoms with E-state index in [0.717, 1.165) is 11.1 Å².